The van der Waals surface area contributed by atoms with Gasteiger partial charge in [0.2, 0.25) is 0 Å². The zero-order chi connectivity index (χ0) is 46.8. The van der Waals surface area contributed by atoms with Gasteiger partial charge >= 0.3 is 0 Å². The lowest BCUT2D eigenvalue weighted by Crippen LogP contribution is -2.26. The summed E-state index contributed by atoms with van der Waals surface area (Å²) in [7, 11) is 0. The van der Waals surface area contributed by atoms with Crippen LogP contribution in [0.5, 0.6) is 0 Å². The molecule has 0 N–H and O–H groups in total. The maximum atomic E-state index is 5.23. The van der Waals surface area contributed by atoms with Gasteiger partial charge < -0.3 is 4.57 Å². The Bertz CT molecular complexity index is 3810. The molecule has 0 aliphatic carbocycles. The van der Waals surface area contributed by atoms with Crippen molar-refractivity contribution in [1.29, 1.82) is 0 Å². The van der Waals surface area contributed by atoms with Crippen LogP contribution in [0.3, 0.4) is 0 Å². The van der Waals surface area contributed by atoms with Crippen molar-refractivity contribution in [1.82, 2.24) is 19.5 Å². The lowest BCUT2D eigenvalue weighted by atomic mass is 9.73. The number of hydrogen-bond acceptors (Lipinski definition) is 3. The van der Waals surface area contributed by atoms with Crippen molar-refractivity contribution >= 4 is 21.8 Å². The highest BCUT2D eigenvalue weighted by Gasteiger charge is 2.36. The van der Waals surface area contributed by atoms with Crippen LogP contribution in [0.4, 0.5) is 0 Å². The third-order valence-corrected chi connectivity index (χ3v) is 14.2. The highest BCUT2D eigenvalue weighted by Crippen LogP contribution is 2.50. The molecule has 0 bridgehead atoms. The summed E-state index contributed by atoms with van der Waals surface area (Å²) >= 11 is 0. The molecule has 330 valence electrons. The minimum absolute atomic E-state index is 0.317. The summed E-state index contributed by atoms with van der Waals surface area (Å²) in [4.78, 5) is 15.6. The van der Waals surface area contributed by atoms with Crippen LogP contribution >= 0.6 is 0 Å². The second kappa shape index (κ2) is 16.7. The minimum Gasteiger partial charge on any atom is -0.309 e. The fourth-order valence-corrected chi connectivity index (χ4v) is 10.5. The van der Waals surface area contributed by atoms with Crippen LogP contribution in [0, 0.1) is 0 Å². The number of benzene rings is 10. The van der Waals surface area contributed by atoms with Crippen LogP contribution in [-0.2, 0) is 5.41 Å². The third kappa shape index (κ3) is 7.12. The average molecular weight is 895 g/mol. The van der Waals surface area contributed by atoms with Crippen molar-refractivity contribution in [3.63, 3.8) is 0 Å². The van der Waals surface area contributed by atoms with Crippen LogP contribution in [-0.4, -0.2) is 19.5 Å². The molecule has 1 aliphatic rings. The van der Waals surface area contributed by atoms with E-state index in [1.165, 1.54) is 72.0 Å². The van der Waals surface area contributed by atoms with E-state index in [2.05, 4.69) is 249 Å². The molecule has 12 aromatic rings. The number of aromatic nitrogens is 4. The van der Waals surface area contributed by atoms with Gasteiger partial charge in [0.25, 0.3) is 0 Å². The maximum absolute atomic E-state index is 5.23. The van der Waals surface area contributed by atoms with E-state index in [9.17, 15) is 0 Å². The number of fused-ring (bicyclic) bond motifs is 5. The van der Waals surface area contributed by atoms with Gasteiger partial charge in [-0.1, -0.05) is 214 Å². The first-order valence-electron chi connectivity index (χ1n) is 24.0. The smallest absolute Gasteiger partial charge is 0.164 e. The van der Waals surface area contributed by atoms with E-state index in [0.717, 1.165) is 38.9 Å². The number of rotatable bonds is 8. The first-order valence-corrected chi connectivity index (χ1v) is 24.0. The van der Waals surface area contributed by atoms with Gasteiger partial charge in [-0.3, -0.25) is 0 Å². The zero-order valence-electron chi connectivity index (χ0n) is 38.9. The molecular formula is C66H46N4. The normalized spacial score (nSPS) is 12.5. The largest absolute Gasteiger partial charge is 0.309 e. The van der Waals surface area contributed by atoms with E-state index in [4.69, 9.17) is 15.0 Å². The molecule has 10 aromatic carbocycles. The summed E-state index contributed by atoms with van der Waals surface area (Å²) in [5, 5.41) is 2.47. The van der Waals surface area contributed by atoms with Crippen molar-refractivity contribution in [3.05, 3.63) is 254 Å². The average Bonchev–Trinajstić information content (AvgIpc) is 3.77. The van der Waals surface area contributed by atoms with Gasteiger partial charge in [0.1, 0.15) is 0 Å². The van der Waals surface area contributed by atoms with E-state index < -0.39 is 0 Å². The molecule has 0 unspecified atom stereocenters. The lowest BCUT2D eigenvalue weighted by Gasteiger charge is -2.35. The molecule has 0 amide bonds. The Morgan fingerprint density at radius 2 is 0.657 bits per heavy atom. The van der Waals surface area contributed by atoms with Gasteiger partial charge in [-0.05, 0) is 109 Å². The molecule has 4 nitrogen and oxygen atoms in total. The van der Waals surface area contributed by atoms with Crippen molar-refractivity contribution in [2.45, 2.75) is 19.3 Å². The molecule has 2 aromatic heterocycles. The number of hydrogen-bond donors (Lipinski definition) is 0. The van der Waals surface area contributed by atoms with E-state index in [1.54, 1.807) is 0 Å². The highest BCUT2D eigenvalue weighted by molar-refractivity contribution is 6.14. The Labute approximate surface area is 407 Å². The molecule has 3 heterocycles. The first-order chi connectivity index (χ1) is 34.4. The van der Waals surface area contributed by atoms with Crippen LogP contribution in [0.25, 0.3) is 117 Å². The zero-order valence-corrected chi connectivity index (χ0v) is 38.9. The molecule has 0 saturated carbocycles. The molecule has 70 heavy (non-hydrogen) atoms. The Morgan fingerprint density at radius 3 is 1.20 bits per heavy atom. The molecular weight excluding hydrogens is 849 g/mol. The van der Waals surface area contributed by atoms with E-state index in [1.807, 2.05) is 12.1 Å². The number of nitrogens with zero attached hydrogens (tertiary/aromatic N) is 4. The topological polar surface area (TPSA) is 43.6 Å². The molecule has 13 rings (SSSR count). The van der Waals surface area contributed by atoms with Crippen molar-refractivity contribution in [2.75, 3.05) is 0 Å². The molecule has 0 radical (unpaired) electrons. The predicted molar refractivity (Wildman–Crippen MR) is 290 cm³/mol. The quantitative estimate of drug-likeness (QED) is 0.153. The summed E-state index contributed by atoms with van der Waals surface area (Å²) in [5.74, 6) is 1.87. The minimum atomic E-state index is -0.317. The standard InChI is InChI=1S/C66H46N4/c1-66(2)58-41-53(46-22-13-6-14-23-46)35-37-61(58)70-60-36-34-52(45-20-11-5-12-21-45)39-56(60)57-40-55(42-59(66)62(57)70)51-24-15-25-54(38-51)65-68-63(49-30-26-47(27-31-49)43-16-7-3-8-17-43)67-64(69-65)50-32-28-48(29-33-50)44-18-9-4-10-19-44/h3-42H,1-2H3. The van der Waals surface area contributed by atoms with Crippen LogP contribution < -0.4 is 0 Å². The predicted octanol–water partition coefficient (Wildman–Crippen LogP) is 16.9. The Hall–Kier alpha value is -8.99. The SMILES string of the molecule is CC1(C)c2cc(-c3ccccc3)ccc2-n2c3ccc(-c4ccccc4)cc3c3cc(-c4cccc(-c5nc(-c6ccc(-c7ccccc7)cc6)nc(-c6ccc(-c7ccccc7)cc6)n5)c4)cc1c32. The Balaban J connectivity index is 0.973. The molecule has 0 fully saturated rings. The van der Waals surface area contributed by atoms with Gasteiger partial charge in [0.15, 0.2) is 17.5 Å². The summed E-state index contributed by atoms with van der Waals surface area (Å²) in [5.41, 5.74) is 20.4. The maximum Gasteiger partial charge on any atom is 0.164 e. The Kier molecular flexibility index (Phi) is 9.81. The van der Waals surface area contributed by atoms with Gasteiger partial charge in [0.05, 0.1) is 16.7 Å². The monoisotopic (exact) mass is 894 g/mol. The molecule has 0 spiro atoms. The summed E-state index contributed by atoms with van der Waals surface area (Å²) in [6, 6.07) is 86.9. The summed E-state index contributed by atoms with van der Waals surface area (Å²) < 4.78 is 2.51. The van der Waals surface area contributed by atoms with Gasteiger partial charge in [-0.25, -0.2) is 15.0 Å². The highest BCUT2D eigenvalue weighted by atomic mass is 15.0. The third-order valence-electron chi connectivity index (χ3n) is 14.2. The summed E-state index contributed by atoms with van der Waals surface area (Å²) in [6.07, 6.45) is 0. The molecule has 1 aliphatic heterocycles. The molecule has 0 saturated heterocycles. The second-order valence-electron chi connectivity index (χ2n) is 18.9. The van der Waals surface area contributed by atoms with Crippen LogP contribution in [0.15, 0.2) is 243 Å². The second-order valence-corrected chi connectivity index (χ2v) is 18.9. The van der Waals surface area contributed by atoms with Crippen molar-refractivity contribution < 1.29 is 0 Å². The lowest BCUT2D eigenvalue weighted by molar-refractivity contribution is 0.630. The Morgan fingerprint density at radius 1 is 0.286 bits per heavy atom. The van der Waals surface area contributed by atoms with Gasteiger partial charge in [0, 0.05) is 32.9 Å². The van der Waals surface area contributed by atoms with Crippen molar-refractivity contribution in [2.24, 2.45) is 0 Å². The molecule has 4 heteroatoms. The first kappa shape index (κ1) is 41.2. The van der Waals surface area contributed by atoms with E-state index >= 15 is 0 Å². The van der Waals surface area contributed by atoms with Gasteiger partial charge in [-0.15, -0.1) is 0 Å². The summed E-state index contributed by atoms with van der Waals surface area (Å²) in [6.45, 7) is 4.78. The fraction of sp³-hybridized carbons (Fsp3) is 0.0455. The molecule has 0 atom stereocenters. The van der Waals surface area contributed by atoms with Crippen LogP contribution in [0.2, 0.25) is 0 Å². The van der Waals surface area contributed by atoms with Gasteiger partial charge in [-0.2, -0.15) is 0 Å². The van der Waals surface area contributed by atoms with Crippen molar-refractivity contribution in [3.8, 4) is 95.5 Å². The fourth-order valence-electron chi connectivity index (χ4n) is 10.5. The van der Waals surface area contributed by atoms with E-state index in [-0.39, 0.29) is 5.41 Å². The van der Waals surface area contributed by atoms with E-state index in [0.29, 0.717) is 17.5 Å². The van der Waals surface area contributed by atoms with Crippen LogP contribution in [0.1, 0.15) is 25.0 Å².